The van der Waals surface area contributed by atoms with Gasteiger partial charge < -0.3 is 5.32 Å². The number of hydrogen-bond acceptors (Lipinski definition) is 2. The Morgan fingerprint density at radius 1 is 1.29 bits per heavy atom. The standard InChI is InChI=1S/C17H20BrClN2/c1-3-6-20-17(10-16-5-4-12(2)11-21-16)13-7-14(18)9-15(19)8-13/h4-5,7-9,11,17,20H,3,6,10H2,1-2H3. The average molecular weight is 368 g/mol. The Morgan fingerprint density at radius 3 is 2.71 bits per heavy atom. The van der Waals surface area contributed by atoms with E-state index in [2.05, 4.69) is 58.3 Å². The van der Waals surface area contributed by atoms with Crippen molar-refractivity contribution in [2.24, 2.45) is 0 Å². The van der Waals surface area contributed by atoms with Gasteiger partial charge in [-0.15, -0.1) is 0 Å². The number of nitrogens with zero attached hydrogens (tertiary/aromatic N) is 1. The van der Waals surface area contributed by atoms with Gasteiger partial charge in [0.1, 0.15) is 0 Å². The number of hydrogen-bond donors (Lipinski definition) is 1. The maximum absolute atomic E-state index is 6.18. The minimum Gasteiger partial charge on any atom is -0.310 e. The lowest BCUT2D eigenvalue weighted by atomic mass is 10.0. The van der Waals surface area contributed by atoms with E-state index < -0.39 is 0 Å². The van der Waals surface area contributed by atoms with Crippen LogP contribution in [0.5, 0.6) is 0 Å². The van der Waals surface area contributed by atoms with Crippen LogP contribution in [0.25, 0.3) is 0 Å². The van der Waals surface area contributed by atoms with E-state index >= 15 is 0 Å². The lowest BCUT2D eigenvalue weighted by Gasteiger charge is -2.19. The van der Waals surface area contributed by atoms with E-state index in [9.17, 15) is 0 Å². The van der Waals surface area contributed by atoms with Gasteiger partial charge in [-0.3, -0.25) is 4.98 Å². The second-order valence-corrected chi connectivity index (χ2v) is 6.59. The van der Waals surface area contributed by atoms with Gasteiger partial charge in [0.05, 0.1) is 0 Å². The van der Waals surface area contributed by atoms with Crippen molar-refractivity contribution in [1.82, 2.24) is 10.3 Å². The number of pyridine rings is 1. The van der Waals surface area contributed by atoms with E-state index in [4.69, 9.17) is 11.6 Å². The first-order chi connectivity index (χ1) is 10.1. The molecule has 0 amide bonds. The molecule has 0 saturated heterocycles. The van der Waals surface area contributed by atoms with Gasteiger partial charge in [-0.2, -0.15) is 0 Å². The van der Waals surface area contributed by atoms with Gasteiger partial charge in [-0.25, -0.2) is 0 Å². The van der Waals surface area contributed by atoms with Crippen LogP contribution in [0.15, 0.2) is 41.0 Å². The minimum atomic E-state index is 0.218. The predicted molar refractivity (Wildman–Crippen MR) is 92.9 cm³/mol. The number of rotatable bonds is 6. The third-order valence-electron chi connectivity index (χ3n) is 3.31. The van der Waals surface area contributed by atoms with Gasteiger partial charge in [-0.05, 0) is 55.3 Å². The molecule has 0 aliphatic heterocycles. The molecule has 1 aromatic carbocycles. The van der Waals surface area contributed by atoms with Gasteiger partial charge >= 0.3 is 0 Å². The van der Waals surface area contributed by atoms with Crippen molar-refractivity contribution in [3.8, 4) is 0 Å². The zero-order chi connectivity index (χ0) is 15.2. The third-order valence-corrected chi connectivity index (χ3v) is 3.99. The van der Waals surface area contributed by atoms with Crippen LogP contribution in [-0.4, -0.2) is 11.5 Å². The number of nitrogens with one attached hydrogen (secondary N) is 1. The molecule has 0 bridgehead atoms. The topological polar surface area (TPSA) is 24.9 Å². The number of aromatic nitrogens is 1. The van der Waals surface area contributed by atoms with Crippen molar-refractivity contribution in [1.29, 1.82) is 0 Å². The highest BCUT2D eigenvalue weighted by molar-refractivity contribution is 9.10. The van der Waals surface area contributed by atoms with Crippen molar-refractivity contribution in [3.05, 3.63) is 62.8 Å². The highest BCUT2D eigenvalue weighted by atomic mass is 79.9. The molecule has 0 saturated carbocycles. The van der Waals surface area contributed by atoms with E-state index in [0.29, 0.717) is 0 Å². The molecule has 1 atom stereocenters. The molecule has 0 spiro atoms. The Bertz CT molecular complexity index is 564. The minimum absolute atomic E-state index is 0.218. The van der Waals surface area contributed by atoms with Crippen molar-refractivity contribution in [2.45, 2.75) is 32.7 Å². The first kappa shape index (κ1) is 16.5. The molecule has 1 aromatic heterocycles. The Balaban J connectivity index is 2.22. The van der Waals surface area contributed by atoms with Crippen molar-refractivity contribution >= 4 is 27.5 Å². The van der Waals surface area contributed by atoms with Crippen LogP contribution >= 0.6 is 27.5 Å². The predicted octanol–water partition coefficient (Wildman–Crippen LogP) is 5.09. The average Bonchev–Trinajstić information content (AvgIpc) is 2.44. The Hall–Kier alpha value is -0.900. The molecule has 0 fully saturated rings. The molecule has 1 heterocycles. The lowest BCUT2D eigenvalue weighted by Crippen LogP contribution is -2.24. The second kappa shape index (κ2) is 7.92. The second-order valence-electron chi connectivity index (χ2n) is 5.24. The summed E-state index contributed by atoms with van der Waals surface area (Å²) in [5.74, 6) is 0. The van der Waals surface area contributed by atoms with E-state index in [-0.39, 0.29) is 6.04 Å². The molecule has 0 radical (unpaired) electrons. The fraction of sp³-hybridized carbons (Fsp3) is 0.353. The van der Waals surface area contributed by atoms with E-state index in [0.717, 1.165) is 34.6 Å². The summed E-state index contributed by atoms with van der Waals surface area (Å²) in [6.45, 7) is 5.19. The fourth-order valence-corrected chi connectivity index (χ4v) is 3.12. The molecule has 0 aliphatic carbocycles. The van der Waals surface area contributed by atoms with Crippen LogP contribution in [0.3, 0.4) is 0 Å². The molecule has 1 N–H and O–H groups in total. The zero-order valence-corrected chi connectivity index (χ0v) is 14.7. The normalized spacial score (nSPS) is 12.4. The Morgan fingerprint density at radius 2 is 2.10 bits per heavy atom. The molecule has 21 heavy (non-hydrogen) atoms. The summed E-state index contributed by atoms with van der Waals surface area (Å²) in [5.41, 5.74) is 3.46. The quantitative estimate of drug-likeness (QED) is 0.769. The summed E-state index contributed by atoms with van der Waals surface area (Å²) in [4.78, 5) is 4.51. The molecule has 2 aromatic rings. The fourth-order valence-electron chi connectivity index (χ4n) is 2.23. The van der Waals surface area contributed by atoms with Crippen LogP contribution in [0.1, 0.15) is 36.2 Å². The molecule has 112 valence electrons. The maximum Gasteiger partial charge on any atom is 0.0422 e. The Kier molecular flexibility index (Phi) is 6.22. The Labute approximate surface area is 140 Å². The molecule has 0 aliphatic rings. The maximum atomic E-state index is 6.18. The summed E-state index contributed by atoms with van der Waals surface area (Å²) in [7, 11) is 0. The molecule has 2 rings (SSSR count). The van der Waals surface area contributed by atoms with E-state index in [1.807, 2.05) is 18.3 Å². The van der Waals surface area contributed by atoms with Crippen LogP contribution in [0.2, 0.25) is 5.02 Å². The SMILES string of the molecule is CCCNC(Cc1ccc(C)cn1)c1cc(Cl)cc(Br)c1. The summed E-state index contributed by atoms with van der Waals surface area (Å²) >= 11 is 9.70. The summed E-state index contributed by atoms with van der Waals surface area (Å²) in [5, 5.41) is 4.33. The molecule has 4 heteroatoms. The van der Waals surface area contributed by atoms with Crippen LogP contribution in [-0.2, 0) is 6.42 Å². The van der Waals surface area contributed by atoms with Crippen molar-refractivity contribution < 1.29 is 0 Å². The molecule has 2 nitrogen and oxygen atoms in total. The van der Waals surface area contributed by atoms with Gasteiger partial charge in [0.25, 0.3) is 0 Å². The molecular formula is C17H20BrClN2. The van der Waals surface area contributed by atoms with Crippen LogP contribution in [0, 0.1) is 6.92 Å². The van der Waals surface area contributed by atoms with Gasteiger partial charge in [-0.1, -0.05) is 40.5 Å². The van der Waals surface area contributed by atoms with Gasteiger partial charge in [0.2, 0.25) is 0 Å². The summed E-state index contributed by atoms with van der Waals surface area (Å²) in [6, 6.07) is 10.5. The molecular weight excluding hydrogens is 348 g/mol. The number of aryl methyl sites for hydroxylation is 1. The van der Waals surface area contributed by atoms with Crippen molar-refractivity contribution in [2.75, 3.05) is 6.54 Å². The van der Waals surface area contributed by atoms with Gasteiger partial charge in [0.15, 0.2) is 0 Å². The summed E-state index contributed by atoms with van der Waals surface area (Å²) in [6.07, 6.45) is 3.87. The van der Waals surface area contributed by atoms with E-state index in [1.165, 1.54) is 11.1 Å². The zero-order valence-electron chi connectivity index (χ0n) is 12.4. The smallest absolute Gasteiger partial charge is 0.0422 e. The summed E-state index contributed by atoms with van der Waals surface area (Å²) < 4.78 is 1.00. The number of benzene rings is 1. The van der Waals surface area contributed by atoms with Crippen LogP contribution in [0.4, 0.5) is 0 Å². The highest BCUT2D eigenvalue weighted by Gasteiger charge is 2.13. The lowest BCUT2D eigenvalue weighted by molar-refractivity contribution is 0.524. The monoisotopic (exact) mass is 366 g/mol. The first-order valence-corrected chi connectivity index (χ1v) is 8.36. The van der Waals surface area contributed by atoms with Gasteiger partial charge in [0, 0.05) is 33.8 Å². The largest absolute Gasteiger partial charge is 0.310 e. The number of halogens is 2. The highest BCUT2D eigenvalue weighted by Crippen LogP contribution is 2.26. The first-order valence-electron chi connectivity index (χ1n) is 7.19. The van der Waals surface area contributed by atoms with E-state index in [1.54, 1.807) is 0 Å². The third kappa shape index (κ3) is 5.10. The molecule has 1 unspecified atom stereocenters. The van der Waals surface area contributed by atoms with Crippen molar-refractivity contribution in [3.63, 3.8) is 0 Å². The van der Waals surface area contributed by atoms with Crippen LogP contribution < -0.4 is 5.32 Å².